The third-order valence-electron chi connectivity index (χ3n) is 4.69. The Kier molecular flexibility index (Phi) is 4.66. The molecule has 2 unspecified atom stereocenters. The van der Waals surface area contributed by atoms with Crippen molar-refractivity contribution in [1.29, 1.82) is 0 Å². The number of rotatable bonds is 5. The number of aromatic nitrogens is 2. The van der Waals surface area contributed by atoms with E-state index < -0.39 is 11.6 Å². The summed E-state index contributed by atoms with van der Waals surface area (Å²) in [5.41, 5.74) is 2.39. The Hall–Kier alpha value is -2.73. The van der Waals surface area contributed by atoms with Crippen molar-refractivity contribution < 1.29 is 13.6 Å². The summed E-state index contributed by atoms with van der Waals surface area (Å²) in [5, 5.41) is 7.81. The number of hydrogen-bond acceptors (Lipinski definition) is 2. The van der Waals surface area contributed by atoms with Crippen molar-refractivity contribution in [1.82, 2.24) is 15.1 Å². The number of amides is 1. The summed E-state index contributed by atoms with van der Waals surface area (Å²) in [7, 11) is 0. The molecule has 27 heavy (non-hydrogen) atoms. The molecule has 0 saturated heterocycles. The van der Waals surface area contributed by atoms with Gasteiger partial charge in [-0.2, -0.15) is 5.10 Å². The third-order valence-corrected chi connectivity index (χ3v) is 4.94. The highest BCUT2D eigenvalue weighted by Gasteiger charge is 2.44. The number of nitrogens with one attached hydrogen (secondary N) is 1. The lowest BCUT2D eigenvalue weighted by atomic mass is 10.1. The fourth-order valence-electron chi connectivity index (χ4n) is 3.10. The minimum absolute atomic E-state index is 0.0584. The molecule has 2 atom stereocenters. The predicted molar refractivity (Wildman–Crippen MR) is 97.6 cm³/mol. The Bertz CT molecular complexity index is 987. The van der Waals surface area contributed by atoms with E-state index in [1.54, 1.807) is 23.0 Å². The summed E-state index contributed by atoms with van der Waals surface area (Å²) in [6.45, 7) is 0.355. The summed E-state index contributed by atoms with van der Waals surface area (Å²) < 4.78 is 28.1. The van der Waals surface area contributed by atoms with Crippen molar-refractivity contribution in [2.45, 2.75) is 18.9 Å². The van der Waals surface area contributed by atoms with E-state index in [1.807, 2.05) is 18.3 Å². The highest BCUT2D eigenvalue weighted by molar-refractivity contribution is 6.30. The second kappa shape index (κ2) is 7.12. The number of halogens is 3. The maximum atomic E-state index is 13.3. The molecule has 138 valence electrons. The van der Waals surface area contributed by atoms with Gasteiger partial charge in [0.25, 0.3) is 0 Å². The molecule has 1 aliphatic rings. The van der Waals surface area contributed by atoms with Crippen LogP contribution in [0.5, 0.6) is 0 Å². The molecule has 1 aliphatic carbocycles. The van der Waals surface area contributed by atoms with E-state index in [-0.39, 0.29) is 17.7 Å². The molecule has 1 N–H and O–H groups in total. The molecule has 1 amide bonds. The Morgan fingerprint density at radius 1 is 1.19 bits per heavy atom. The Morgan fingerprint density at radius 2 is 1.96 bits per heavy atom. The van der Waals surface area contributed by atoms with Crippen molar-refractivity contribution in [3.05, 3.63) is 82.6 Å². The van der Waals surface area contributed by atoms with E-state index in [2.05, 4.69) is 10.4 Å². The summed E-state index contributed by atoms with van der Waals surface area (Å²) in [5.74, 6) is -2.12. The van der Waals surface area contributed by atoms with Gasteiger partial charge in [-0.25, -0.2) is 13.5 Å². The van der Waals surface area contributed by atoms with Gasteiger partial charge in [0.1, 0.15) is 0 Å². The molecule has 1 fully saturated rings. The maximum absolute atomic E-state index is 13.3. The molecule has 0 bridgehead atoms. The van der Waals surface area contributed by atoms with Crippen LogP contribution in [0.1, 0.15) is 23.5 Å². The minimum atomic E-state index is -0.881. The number of carbonyl (C=O) groups excluding carboxylic acids is 1. The predicted octanol–water partition coefficient (Wildman–Crippen LogP) is 4.22. The van der Waals surface area contributed by atoms with Crippen LogP contribution >= 0.6 is 11.6 Å². The Balaban J connectivity index is 1.34. The molecule has 4 rings (SSSR count). The van der Waals surface area contributed by atoms with Gasteiger partial charge in [-0.15, -0.1) is 0 Å². The first-order chi connectivity index (χ1) is 13.0. The number of carbonyl (C=O) groups is 1. The van der Waals surface area contributed by atoms with E-state index in [4.69, 9.17) is 11.6 Å². The second-order valence-electron chi connectivity index (χ2n) is 6.61. The molecule has 0 radical (unpaired) electrons. The fourth-order valence-corrected chi connectivity index (χ4v) is 3.23. The van der Waals surface area contributed by atoms with Gasteiger partial charge in [0.2, 0.25) is 5.91 Å². The topological polar surface area (TPSA) is 46.9 Å². The van der Waals surface area contributed by atoms with Crippen LogP contribution in [0, 0.1) is 17.6 Å². The van der Waals surface area contributed by atoms with Crippen LogP contribution in [-0.2, 0) is 11.3 Å². The summed E-state index contributed by atoms with van der Waals surface area (Å²) >= 11 is 5.88. The van der Waals surface area contributed by atoms with Crippen LogP contribution in [0.25, 0.3) is 5.69 Å². The zero-order chi connectivity index (χ0) is 19.0. The van der Waals surface area contributed by atoms with E-state index in [0.29, 0.717) is 23.6 Å². The molecule has 1 saturated carbocycles. The molecule has 0 aliphatic heterocycles. The molecule has 1 heterocycles. The molecular weight excluding hydrogens is 372 g/mol. The van der Waals surface area contributed by atoms with Crippen LogP contribution in [0.15, 0.2) is 54.9 Å². The first-order valence-electron chi connectivity index (χ1n) is 8.53. The molecule has 2 aromatic carbocycles. The van der Waals surface area contributed by atoms with Crippen molar-refractivity contribution in [3.8, 4) is 5.69 Å². The van der Waals surface area contributed by atoms with Crippen LogP contribution in [-0.4, -0.2) is 15.7 Å². The smallest absolute Gasteiger partial charge is 0.224 e. The molecular formula is C20H16ClF2N3O. The average Bonchev–Trinajstić information content (AvgIpc) is 3.33. The number of nitrogens with zero attached hydrogens (tertiary/aromatic N) is 2. The van der Waals surface area contributed by atoms with Gasteiger partial charge < -0.3 is 5.32 Å². The quantitative estimate of drug-likeness (QED) is 0.712. The molecule has 0 spiro atoms. The largest absolute Gasteiger partial charge is 0.352 e. The normalized spacial score (nSPS) is 18.3. The van der Waals surface area contributed by atoms with E-state index in [1.165, 1.54) is 12.1 Å². The lowest BCUT2D eigenvalue weighted by Gasteiger charge is -2.04. The van der Waals surface area contributed by atoms with Gasteiger partial charge >= 0.3 is 0 Å². The lowest BCUT2D eigenvalue weighted by Crippen LogP contribution is -2.24. The van der Waals surface area contributed by atoms with Crippen molar-refractivity contribution in [2.75, 3.05) is 0 Å². The zero-order valence-corrected chi connectivity index (χ0v) is 15.0. The standard InChI is InChI=1S/C20H16ClF2N3O/c21-14-2-4-15(5-3-14)26-11-12(10-25-26)9-24-20(27)17-8-16(17)13-1-6-18(22)19(23)7-13/h1-7,10-11,16-17H,8-9H2,(H,24,27). The van der Waals surface area contributed by atoms with Gasteiger partial charge in [0.05, 0.1) is 11.9 Å². The second-order valence-corrected chi connectivity index (χ2v) is 7.05. The first-order valence-corrected chi connectivity index (χ1v) is 8.91. The van der Waals surface area contributed by atoms with E-state index in [0.717, 1.165) is 17.3 Å². The monoisotopic (exact) mass is 387 g/mol. The maximum Gasteiger partial charge on any atom is 0.224 e. The highest BCUT2D eigenvalue weighted by Crippen LogP contribution is 2.47. The number of benzene rings is 2. The van der Waals surface area contributed by atoms with Crippen molar-refractivity contribution >= 4 is 17.5 Å². The first kappa shape index (κ1) is 17.7. The van der Waals surface area contributed by atoms with Crippen LogP contribution in [0.4, 0.5) is 8.78 Å². The van der Waals surface area contributed by atoms with E-state index >= 15 is 0 Å². The highest BCUT2D eigenvalue weighted by atomic mass is 35.5. The minimum Gasteiger partial charge on any atom is -0.352 e. The molecule has 3 aromatic rings. The fraction of sp³-hybridized carbons (Fsp3) is 0.200. The lowest BCUT2D eigenvalue weighted by molar-refractivity contribution is -0.122. The Morgan fingerprint density at radius 3 is 2.70 bits per heavy atom. The molecule has 1 aromatic heterocycles. The Labute approximate surface area is 159 Å². The molecule has 4 nitrogen and oxygen atoms in total. The van der Waals surface area contributed by atoms with E-state index in [9.17, 15) is 13.6 Å². The number of hydrogen-bond donors (Lipinski definition) is 1. The van der Waals surface area contributed by atoms with Gasteiger partial charge in [-0.05, 0) is 54.3 Å². The van der Waals surface area contributed by atoms with Crippen LogP contribution < -0.4 is 5.32 Å². The van der Waals surface area contributed by atoms with Crippen LogP contribution in [0.3, 0.4) is 0 Å². The van der Waals surface area contributed by atoms with Gasteiger partial charge in [0.15, 0.2) is 11.6 Å². The summed E-state index contributed by atoms with van der Waals surface area (Å²) in [6, 6.07) is 11.1. The van der Waals surface area contributed by atoms with Crippen LogP contribution in [0.2, 0.25) is 5.02 Å². The van der Waals surface area contributed by atoms with Gasteiger partial charge in [-0.1, -0.05) is 17.7 Å². The zero-order valence-electron chi connectivity index (χ0n) is 14.2. The van der Waals surface area contributed by atoms with Crippen molar-refractivity contribution in [2.24, 2.45) is 5.92 Å². The van der Waals surface area contributed by atoms with Crippen molar-refractivity contribution in [3.63, 3.8) is 0 Å². The molecule has 7 heteroatoms. The van der Waals surface area contributed by atoms with Gasteiger partial charge in [0, 0.05) is 29.2 Å². The third kappa shape index (κ3) is 3.85. The average molecular weight is 388 g/mol. The summed E-state index contributed by atoms with van der Waals surface area (Å²) in [6.07, 6.45) is 4.17. The summed E-state index contributed by atoms with van der Waals surface area (Å²) in [4.78, 5) is 12.3. The van der Waals surface area contributed by atoms with Gasteiger partial charge in [-0.3, -0.25) is 4.79 Å². The SMILES string of the molecule is O=C(NCc1cnn(-c2ccc(Cl)cc2)c1)C1CC1c1ccc(F)c(F)c1.